The summed E-state index contributed by atoms with van der Waals surface area (Å²) in [7, 11) is 0. The van der Waals surface area contributed by atoms with Crippen LogP contribution in [0.2, 0.25) is 0 Å². The van der Waals surface area contributed by atoms with Crippen LogP contribution >= 0.6 is 15.9 Å². The van der Waals surface area contributed by atoms with Crippen molar-refractivity contribution < 1.29 is 4.42 Å². The van der Waals surface area contributed by atoms with E-state index >= 15 is 0 Å². The first kappa shape index (κ1) is 11.5. The second-order valence-electron chi connectivity index (χ2n) is 4.41. The van der Waals surface area contributed by atoms with Gasteiger partial charge in [-0.05, 0) is 46.3 Å². The van der Waals surface area contributed by atoms with Crippen LogP contribution in [0, 0.1) is 0 Å². The summed E-state index contributed by atoms with van der Waals surface area (Å²) in [5.74, 6) is 0.350. The third-order valence-corrected chi connectivity index (χ3v) is 3.76. The van der Waals surface area contributed by atoms with Crippen molar-refractivity contribution in [3.63, 3.8) is 0 Å². The van der Waals surface area contributed by atoms with Crippen molar-refractivity contribution in [2.24, 2.45) is 0 Å². The zero-order valence-corrected chi connectivity index (χ0v) is 11.7. The molecule has 4 rings (SSSR count). The van der Waals surface area contributed by atoms with Crippen molar-refractivity contribution >= 4 is 32.5 Å². The Morgan fingerprint density at radius 1 is 1.25 bits per heavy atom. The highest BCUT2D eigenvalue weighted by atomic mass is 79.9. The van der Waals surface area contributed by atoms with E-state index in [0.29, 0.717) is 11.1 Å². The molecule has 0 radical (unpaired) electrons. The fourth-order valence-electron chi connectivity index (χ4n) is 2.29. The van der Waals surface area contributed by atoms with E-state index in [1.165, 1.54) is 0 Å². The number of fused-ring (bicyclic) bond motifs is 2. The lowest BCUT2D eigenvalue weighted by molar-refractivity contribution is 0.555. The molecule has 0 aliphatic heterocycles. The number of aromatic amines is 1. The molecule has 1 aromatic carbocycles. The number of halogens is 1. The molecule has 0 atom stereocenters. The first-order chi connectivity index (χ1) is 9.72. The Hall–Kier alpha value is -2.34. The van der Waals surface area contributed by atoms with E-state index in [1.54, 1.807) is 6.07 Å². The zero-order valence-electron chi connectivity index (χ0n) is 10.1. The molecule has 4 aromatic rings. The fourth-order valence-corrected chi connectivity index (χ4v) is 2.79. The summed E-state index contributed by atoms with van der Waals surface area (Å²) < 4.78 is 7.78. The van der Waals surface area contributed by atoms with Crippen molar-refractivity contribution in [2.45, 2.75) is 0 Å². The fraction of sp³-hybridized carbons (Fsp3) is 0. The lowest BCUT2D eigenvalue weighted by atomic mass is 10.2. The second-order valence-corrected chi connectivity index (χ2v) is 5.16. The molecule has 20 heavy (non-hydrogen) atoms. The predicted octanol–water partition coefficient (Wildman–Crippen LogP) is 3.20. The monoisotopic (exact) mass is 329 g/mol. The summed E-state index contributed by atoms with van der Waals surface area (Å²) in [5, 5.41) is 0. The highest BCUT2D eigenvalue weighted by Crippen LogP contribution is 2.27. The number of H-pyrrole nitrogens is 1. The van der Waals surface area contributed by atoms with Crippen LogP contribution in [0.5, 0.6) is 0 Å². The van der Waals surface area contributed by atoms with Gasteiger partial charge in [-0.3, -0.25) is 9.38 Å². The van der Waals surface area contributed by atoms with Gasteiger partial charge in [-0.1, -0.05) is 6.07 Å². The van der Waals surface area contributed by atoms with Gasteiger partial charge >= 0.3 is 5.76 Å². The van der Waals surface area contributed by atoms with Crippen molar-refractivity contribution in [1.29, 1.82) is 0 Å². The highest BCUT2D eigenvalue weighted by molar-refractivity contribution is 9.10. The molecule has 0 aliphatic rings. The topological polar surface area (TPSA) is 63.3 Å². The number of imidazole rings is 1. The molecule has 0 amide bonds. The Kier molecular flexibility index (Phi) is 2.34. The summed E-state index contributed by atoms with van der Waals surface area (Å²) in [6.07, 6.45) is 1.95. The van der Waals surface area contributed by atoms with Gasteiger partial charge in [0.1, 0.15) is 10.4 Å². The first-order valence-electron chi connectivity index (χ1n) is 5.98. The van der Waals surface area contributed by atoms with Crippen molar-refractivity contribution in [3.8, 4) is 11.4 Å². The van der Waals surface area contributed by atoms with Gasteiger partial charge in [0.25, 0.3) is 0 Å². The third kappa shape index (κ3) is 1.61. The van der Waals surface area contributed by atoms with Crippen molar-refractivity contribution in [1.82, 2.24) is 14.4 Å². The molecule has 5 nitrogen and oxygen atoms in total. The van der Waals surface area contributed by atoms with Gasteiger partial charge in [0, 0.05) is 11.8 Å². The van der Waals surface area contributed by atoms with Gasteiger partial charge in [0.05, 0.1) is 11.0 Å². The maximum Gasteiger partial charge on any atom is 0.417 e. The Balaban J connectivity index is 2.03. The standard InChI is InChI=1S/C14H8BrN3O2/c15-12-10-3-1-2-6-18(10)13(17-12)8-4-5-11-9(7-8)16-14(19)20-11/h1-7H,(H,16,19). The number of benzene rings is 1. The lowest BCUT2D eigenvalue weighted by Gasteiger charge is -2.00. The van der Waals surface area contributed by atoms with Crippen LogP contribution in [-0.2, 0) is 0 Å². The van der Waals surface area contributed by atoms with E-state index in [-0.39, 0.29) is 0 Å². The van der Waals surface area contributed by atoms with Gasteiger partial charge in [-0.15, -0.1) is 0 Å². The maximum atomic E-state index is 11.2. The minimum atomic E-state index is -0.452. The number of aromatic nitrogens is 3. The molecule has 3 aromatic heterocycles. The molecule has 0 saturated heterocycles. The Morgan fingerprint density at radius 2 is 2.15 bits per heavy atom. The minimum Gasteiger partial charge on any atom is -0.408 e. The highest BCUT2D eigenvalue weighted by Gasteiger charge is 2.11. The molecule has 0 aliphatic carbocycles. The Bertz CT molecular complexity index is 996. The molecule has 0 bridgehead atoms. The number of hydrogen-bond donors (Lipinski definition) is 1. The van der Waals surface area contributed by atoms with E-state index in [4.69, 9.17) is 4.42 Å². The molecule has 0 spiro atoms. The number of oxazole rings is 1. The van der Waals surface area contributed by atoms with Gasteiger partial charge in [0.2, 0.25) is 0 Å². The van der Waals surface area contributed by atoms with Crippen LogP contribution in [0.25, 0.3) is 28.0 Å². The molecule has 1 N–H and O–H groups in total. The van der Waals surface area contributed by atoms with Gasteiger partial charge in [-0.25, -0.2) is 9.78 Å². The van der Waals surface area contributed by atoms with E-state index in [9.17, 15) is 4.79 Å². The molecule has 0 saturated carbocycles. The maximum absolute atomic E-state index is 11.2. The van der Waals surface area contributed by atoms with Crippen LogP contribution in [0.15, 0.2) is 56.4 Å². The second kappa shape index (κ2) is 4.08. The summed E-state index contributed by atoms with van der Waals surface area (Å²) >= 11 is 3.46. The first-order valence-corrected chi connectivity index (χ1v) is 6.77. The van der Waals surface area contributed by atoms with Crippen LogP contribution in [0.3, 0.4) is 0 Å². The third-order valence-electron chi connectivity index (χ3n) is 3.18. The SMILES string of the molecule is O=c1[nH]c2cc(-c3nc(Br)c4ccccn34)ccc2o1. The molecular weight excluding hydrogens is 322 g/mol. The molecule has 0 fully saturated rings. The Morgan fingerprint density at radius 3 is 3.05 bits per heavy atom. The lowest BCUT2D eigenvalue weighted by Crippen LogP contribution is -1.93. The molecule has 6 heteroatoms. The quantitative estimate of drug-likeness (QED) is 0.583. The van der Waals surface area contributed by atoms with E-state index in [0.717, 1.165) is 21.5 Å². The average molecular weight is 330 g/mol. The summed E-state index contributed by atoms with van der Waals surface area (Å²) in [6.45, 7) is 0. The number of nitrogens with zero attached hydrogens (tertiary/aromatic N) is 2. The number of hydrogen-bond acceptors (Lipinski definition) is 3. The van der Waals surface area contributed by atoms with Crippen molar-refractivity contribution in [2.75, 3.05) is 0 Å². The van der Waals surface area contributed by atoms with Crippen LogP contribution in [0.4, 0.5) is 0 Å². The van der Waals surface area contributed by atoms with E-state index in [2.05, 4.69) is 25.9 Å². The van der Waals surface area contributed by atoms with Crippen LogP contribution in [0.1, 0.15) is 0 Å². The molecule has 98 valence electrons. The van der Waals surface area contributed by atoms with E-state index < -0.39 is 5.76 Å². The van der Waals surface area contributed by atoms with Crippen LogP contribution < -0.4 is 5.76 Å². The summed E-state index contributed by atoms with van der Waals surface area (Å²) in [6, 6.07) is 11.4. The number of rotatable bonds is 1. The van der Waals surface area contributed by atoms with Gasteiger partial charge in [0.15, 0.2) is 5.58 Å². The largest absolute Gasteiger partial charge is 0.417 e. The summed E-state index contributed by atoms with van der Waals surface area (Å²) in [5.41, 5.74) is 3.10. The molecule has 0 unspecified atom stereocenters. The smallest absolute Gasteiger partial charge is 0.408 e. The number of nitrogens with one attached hydrogen (secondary N) is 1. The van der Waals surface area contributed by atoms with Gasteiger partial charge < -0.3 is 4.42 Å². The minimum absolute atomic E-state index is 0.452. The van der Waals surface area contributed by atoms with E-state index in [1.807, 2.05) is 40.9 Å². The average Bonchev–Trinajstić information content (AvgIpc) is 2.98. The Labute approximate surface area is 121 Å². The normalized spacial score (nSPS) is 11.4. The predicted molar refractivity (Wildman–Crippen MR) is 78.7 cm³/mol. The zero-order chi connectivity index (χ0) is 13.7. The van der Waals surface area contributed by atoms with Crippen molar-refractivity contribution in [3.05, 3.63) is 57.7 Å². The molecule has 3 heterocycles. The van der Waals surface area contributed by atoms with Crippen LogP contribution in [-0.4, -0.2) is 14.4 Å². The molecular formula is C14H8BrN3O2. The summed E-state index contributed by atoms with van der Waals surface area (Å²) in [4.78, 5) is 18.4. The number of pyridine rings is 1. The van der Waals surface area contributed by atoms with Gasteiger partial charge in [-0.2, -0.15) is 0 Å².